The van der Waals surface area contributed by atoms with Gasteiger partial charge in [0.25, 0.3) is 5.91 Å². The van der Waals surface area contributed by atoms with E-state index in [-0.39, 0.29) is 12.5 Å². The van der Waals surface area contributed by atoms with Crippen molar-refractivity contribution in [3.8, 4) is 0 Å². The van der Waals surface area contributed by atoms with Crippen LogP contribution in [0.5, 0.6) is 0 Å². The van der Waals surface area contributed by atoms with Crippen molar-refractivity contribution in [3.05, 3.63) is 95.1 Å². The van der Waals surface area contributed by atoms with Crippen LogP contribution in [-0.4, -0.2) is 32.9 Å². The predicted molar refractivity (Wildman–Crippen MR) is 133 cm³/mol. The first-order valence-electron chi connectivity index (χ1n) is 10.3. The van der Waals surface area contributed by atoms with Gasteiger partial charge in [0.05, 0.1) is 18.5 Å². The molecule has 0 spiro atoms. The van der Waals surface area contributed by atoms with Crippen molar-refractivity contribution in [2.45, 2.75) is 25.3 Å². The molecule has 0 saturated carbocycles. The molecular formula is C25H28N2O3S2. The second-order valence-electron chi connectivity index (χ2n) is 7.65. The van der Waals surface area contributed by atoms with E-state index in [0.717, 1.165) is 22.4 Å². The van der Waals surface area contributed by atoms with Crippen LogP contribution in [0.4, 0.5) is 5.69 Å². The fourth-order valence-corrected chi connectivity index (χ4v) is 4.83. The van der Waals surface area contributed by atoms with Gasteiger partial charge in [0.2, 0.25) is 10.0 Å². The van der Waals surface area contributed by atoms with Crippen LogP contribution in [0.3, 0.4) is 0 Å². The zero-order chi connectivity index (χ0) is 23.1. The molecule has 3 aromatic rings. The number of carbonyl (C=O) groups is 1. The number of carbonyl (C=O) groups excluding carboxylic acids is 1. The second kappa shape index (κ2) is 10.7. The Balaban J connectivity index is 1.60. The standard InChI is InChI=1S/C25H28N2O3S2/c1-19-9-14-23(17-20(19)2)27(32(3,29)30)18-21-10-12-22(13-11-21)25(28)26-15-16-31-24-7-5-4-6-8-24/h4-14,17H,15-16,18H2,1-3H3,(H,26,28). The summed E-state index contributed by atoms with van der Waals surface area (Å²) in [6.45, 7) is 4.73. The lowest BCUT2D eigenvalue weighted by atomic mass is 10.1. The molecule has 0 aliphatic heterocycles. The number of benzene rings is 3. The van der Waals surface area contributed by atoms with Gasteiger partial charge in [0.1, 0.15) is 0 Å². The minimum Gasteiger partial charge on any atom is -0.351 e. The van der Waals surface area contributed by atoms with Crippen LogP contribution < -0.4 is 9.62 Å². The molecule has 168 valence electrons. The van der Waals surface area contributed by atoms with E-state index >= 15 is 0 Å². The Morgan fingerprint density at radius 3 is 2.25 bits per heavy atom. The molecule has 7 heteroatoms. The molecule has 0 aromatic heterocycles. The second-order valence-corrected chi connectivity index (χ2v) is 10.7. The number of rotatable bonds is 9. The van der Waals surface area contributed by atoms with E-state index in [0.29, 0.717) is 17.8 Å². The third-order valence-electron chi connectivity index (χ3n) is 5.12. The molecule has 0 radical (unpaired) electrons. The van der Waals surface area contributed by atoms with Crippen LogP contribution in [0.15, 0.2) is 77.7 Å². The number of amides is 1. The minimum absolute atomic E-state index is 0.139. The predicted octanol–water partition coefficient (Wildman–Crippen LogP) is 4.79. The third-order valence-corrected chi connectivity index (χ3v) is 7.27. The third kappa shape index (κ3) is 6.61. The van der Waals surface area contributed by atoms with Gasteiger partial charge in [-0.25, -0.2) is 8.42 Å². The Bertz CT molecular complexity index is 1160. The molecule has 3 aromatic carbocycles. The first kappa shape index (κ1) is 23.9. The van der Waals surface area contributed by atoms with Gasteiger partial charge in [-0.1, -0.05) is 36.4 Å². The largest absolute Gasteiger partial charge is 0.351 e. The molecule has 0 atom stereocenters. The van der Waals surface area contributed by atoms with Crippen LogP contribution in [-0.2, 0) is 16.6 Å². The molecule has 0 bridgehead atoms. The summed E-state index contributed by atoms with van der Waals surface area (Å²) < 4.78 is 26.2. The van der Waals surface area contributed by atoms with Gasteiger partial charge in [0.15, 0.2) is 0 Å². The SMILES string of the molecule is Cc1ccc(N(Cc2ccc(C(=O)NCCSc3ccccc3)cc2)S(C)(=O)=O)cc1C. The summed E-state index contributed by atoms with van der Waals surface area (Å²) >= 11 is 1.69. The van der Waals surface area contributed by atoms with Crippen molar-refractivity contribution in [1.29, 1.82) is 0 Å². The van der Waals surface area contributed by atoms with Gasteiger partial charge in [0, 0.05) is 22.8 Å². The van der Waals surface area contributed by atoms with Gasteiger partial charge in [-0.2, -0.15) is 0 Å². The lowest BCUT2D eigenvalue weighted by molar-refractivity contribution is 0.0956. The first-order valence-corrected chi connectivity index (χ1v) is 13.2. The van der Waals surface area contributed by atoms with Crippen LogP contribution in [0.25, 0.3) is 0 Å². The van der Waals surface area contributed by atoms with Crippen molar-refractivity contribution in [3.63, 3.8) is 0 Å². The summed E-state index contributed by atoms with van der Waals surface area (Å²) in [4.78, 5) is 13.6. The lowest BCUT2D eigenvalue weighted by Gasteiger charge is -2.23. The number of hydrogen-bond donors (Lipinski definition) is 1. The van der Waals surface area contributed by atoms with E-state index in [1.165, 1.54) is 15.5 Å². The zero-order valence-corrected chi connectivity index (χ0v) is 20.2. The molecule has 0 fully saturated rings. The number of anilines is 1. The molecule has 0 saturated heterocycles. The van der Waals surface area contributed by atoms with E-state index in [9.17, 15) is 13.2 Å². The van der Waals surface area contributed by atoms with Crippen molar-refractivity contribution in [2.24, 2.45) is 0 Å². The molecule has 0 aliphatic carbocycles. The highest BCUT2D eigenvalue weighted by Crippen LogP contribution is 2.23. The average Bonchev–Trinajstić information content (AvgIpc) is 2.77. The van der Waals surface area contributed by atoms with Crippen molar-refractivity contribution < 1.29 is 13.2 Å². The van der Waals surface area contributed by atoms with Gasteiger partial charge in [-0.3, -0.25) is 9.10 Å². The average molecular weight is 469 g/mol. The number of nitrogens with zero attached hydrogens (tertiary/aromatic N) is 1. The fraction of sp³-hybridized carbons (Fsp3) is 0.240. The van der Waals surface area contributed by atoms with Crippen LogP contribution in [0, 0.1) is 13.8 Å². The molecule has 3 rings (SSSR count). The van der Waals surface area contributed by atoms with E-state index in [1.807, 2.05) is 62.4 Å². The Labute approximate surface area is 194 Å². The van der Waals surface area contributed by atoms with Crippen LogP contribution in [0.2, 0.25) is 0 Å². The molecule has 0 unspecified atom stereocenters. The monoisotopic (exact) mass is 468 g/mol. The van der Waals surface area contributed by atoms with Gasteiger partial charge in [-0.15, -0.1) is 11.8 Å². The molecule has 0 aliphatic rings. The quantitative estimate of drug-likeness (QED) is 0.362. The van der Waals surface area contributed by atoms with Gasteiger partial charge >= 0.3 is 0 Å². The van der Waals surface area contributed by atoms with Crippen molar-refractivity contribution in [1.82, 2.24) is 5.32 Å². The smallest absolute Gasteiger partial charge is 0.251 e. The number of hydrogen-bond acceptors (Lipinski definition) is 4. The summed E-state index contributed by atoms with van der Waals surface area (Å²) in [5.41, 5.74) is 4.14. The maximum atomic E-state index is 12.4. The Morgan fingerprint density at radius 1 is 0.938 bits per heavy atom. The summed E-state index contributed by atoms with van der Waals surface area (Å²) in [6.07, 6.45) is 1.21. The molecular weight excluding hydrogens is 440 g/mol. The number of sulfonamides is 1. The van der Waals surface area contributed by atoms with E-state index in [4.69, 9.17) is 0 Å². The van der Waals surface area contributed by atoms with Crippen LogP contribution >= 0.6 is 11.8 Å². The fourth-order valence-electron chi connectivity index (χ4n) is 3.16. The molecule has 1 amide bonds. The molecule has 32 heavy (non-hydrogen) atoms. The first-order chi connectivity index (χ1) is 15.2. The van der Waals surface area contributed by atoms with E-state index < -0.39 is 10.0 Å². The number of aryl methyl sites for hydroxylation is 2. The summed E-state index contributed by atoms with van der Waals surface area (Å²) in [6, 6.07) is 22.7. The molecule has 1 N–H and O–H groups in total. The lowest BCUT2D eigenvalue weighted by Crippen LogP contribution is -2.29. The Hall–Kier alpha value is -2.77. The summed E-state index contributed by atoms with van der Waals surface area (Å²) in [5.74, 6) is 0.645. The van der Waals surface area contributed by atoms with Gasteiger partial charge in [-0.05, 0) is 66.9 Å². The highest BCUT2D eigenvalue weighted by atomic mass is 32.2. The summed E-state index contributed by atoms with van der Waals surface area (Å²) in [5, 5.41) is 2.92. The highest BCUT2D eigenvalue weighted by molar-refractivity contribution is 7.99. The number of nitrogens with one attached hydrogen (secondary N) is 1. The maximum Gasteiger partial charge on any atom is 0.251 e. The molecule has 5 nitrogen and oxygen atoms in total. The zero-order valence-electron chi connectivity index (χ0n) is 18.5. The van der Waals surface area contributed by atoms with Crippen LogP contribution in [0.1, 0.15) is 27.0 Å². The maximum absolute atomic E-state index is 12.4. The van der Waals surface area contributed by atoms with Crippen molar-refractivity contribution >= 4 is 33.4 Å². The summed E-state index contributed by atoms with van der Waals surface area (Å²) in [7, 11) is -3.46. The van der Waals surface area contributed by atoms with Gasteiger partial charge < -0.3 is 5.32 Å². The molecule has 0 heterocycles. The van der Waals surface area contributed by atoms with E-state index in [1.54, 1.807) is 36.0 Å². The Morgan fingerprint density at radius 2 is 1.62 bits per heavy atom. The van der Waals surface area contributed by atoms with Crippen molar-refractivity contribution in [2.75, 3.05) is 22.9 Å². The number of thioether (sulfide) groups is 1. The topological polar surface area (TPSA) is 66.5 Å². The van der Waals surface area contributed by atoms with E-state index in [2.05, 4.69) is 5.32 Å². The minimum atomic E-state index is -3.46. The highest BCUT2D eigenvalue weighted by Gasteiger charge is 2.18. The normalized spacial score (nSPS) is 11.2. The Kier molecular flexibility index (Phi) is 7.99.